The smallest absolute Gasteiger partial charge is 0.244 e. The van der Waals surface area contributed by atoms with E-state index in [2.05, 4.69) is 20.4 Å². The molecule has 0 aliphatic carbocycles. The van der Waals surface area contributed by atoms with Crippen molar-refractivity contribution in [2.45, 2.75) is 32.1 Å². The molecule has 4 aromatic rings. The van der Waals surface area contributed by atoms with E-state index in [1.165, 1.54) is 29.6 Å². The van der Waals surface area contributed by atoms with Crippen molar-refractivity contribution in [3.63, 3.8) is 0 Å². The molecule has 1 aliphatic heterocycles. The summed E-state index contributed by atoms with van der Waals surface area (Å²) in [5.74, 6) is -0.540. The number of nitrogens with one attached hydrogen (secondary N) is 1. The van der Waals surface area contributed by atoms with E-state index in [1.807, 2.05) is 0 Å². The number of benzene rings is 1. The number of aryl methyl sites for hydroxylation is 1. The van der Waals surface area contributed by atoms with Crippen LogP contribution in [0.4, 0.5) is 19.1 Å². The number of halogens is 3. The van der Waals surface area contributed by atoms with E-state index in [4.69, 9.17) is 4.74 Å². The van der Waals surface area contributed by atoms with Gasteiger partial charge in [-0.25, -0.2) is 22.7 Å². The maximum Gasteiger partial charge on any atom is 0.244 e. The summed E-state index contributed by atoms with van der Waals surface area (Å²) in [6.07, 6.45) is 1.82. The molecular formula is C23H24F3N7O2. The first kappa shape index (κ1) is 22.9. The van der Waals surface area contributed by atoms with Crippen LogP contribution in [0.25, 0.3) is 27.7 Å². The first-order valence-corrected chi connectivity index (χ1v) is 11.2. The van der Waals surface area contributed by atoms with Crippen molar-refractivity contribution in [1.29, 1.82) is 0 Å². The van der Waals surface area contributed by atoms with Crippen LogP contribution in [0.15, 0.2) is 30.7 Å². The van der Waals surface area contributed by atoms with Crippen LogP contribution in [0.2, 0.25) is 0 Å². The Bertz CT molecular complexity index is 1400. The van der Waals surface area contributed by atoms with E-state index in [0.717, 1.165) is 0 Å². The molecule has 1 aliphatic rings. The van der Waals surface area contributed by atoms with Crippen LogP contribution in [0.3, 0.4) is 0 Å². The molecule has 9 nitrogen and oxygen atoms in total. The van der Waals surface area contributed by atoms with Crippen LogP contribution in [-0.2, 0) is 11.3 Å². The Kier molecular flexibility index (Phi) is 5.95. The quantitative estimate of drug-likeness (QED) is 0.449. The average Bonchev–Trinajstić information content (AvgIpc) is 3.39. The van der Waals surface area contributed by atoms with Crippen molar-refractivity contribution in [3.05, 3.63) is 36.5 Å². The van der Waals surface area contributed by atoms with Crippen LogP contribution in [0, 0.1) is 5.82 Å². The second kappa shape index (κ2) is 9.08. The van der Waals surface area contributed by atoms with Crippen molar-refractivity contribution in [2.75, 3.05) is 32.2 Å². The number of methoxy groups -OCH3 is 1. The van der Waals surface area contributed by atoms with Gasteiger partial charge in [0.25, 0.3) is 0 Å². The number of carbonyl (C=O) groups is 1. The number of likely N-dealkylation sites (tertiary alicyclic amines) is 1. The first-order chi connectivity index (χ1) is 16.9. The van der Waals surface area contributed by atoms with Crippen molar-refractivity contribution in [1.82, 2.24) is 29.0 Å². The molecule has 1 amide bonds. The van der Waals surface area contributed by atoms with Crippen LogP contribution in [-0.4, -0.2) is 74.0 Å². The van der Waals surface area contributed by atoms with Gasteiger partial charge in [0.1, 0.15) is 18.4 Å². The van der Waals surface area contributed by atoms with Gasteiger partial charge in [-0.05, 0) is 24.1 Å². The molecule has 0 bridgehead atoms. The van der Waals surface area contributed by atoms with E-state index in [-0.39, 0.29) is 36.4 Å². The van der Waals surface area contributed by atoms with E-state index in [0.29, 0.717) is 35.1 Å². The van der Waals surface area contributed by atoms with Gasteiger partial charge < -0.3 is 19.5 Å². The number of anilines is 1. The van der Waals surface area contributed by atoms with Gasteiger partial charge in [0.2, 0.25) is 17.7 Å². The lowest BCUT2D eigenvalue weighted by atomic mass is 10.0. The number of carbonyl (C=O) groups excluding carboxylic acids is 1. The number of rotatable bonds is 6. The first-order valence-electron chi connectivity index (χ1n) is 11.2. The normalized spacial score (nSPS) is 18.4. The fraction of sp³-hybridized carbons (Fsp3) is 0.391. The number of hydrogen-bond acceptors (Lipinski definition) is 6. The molecule has 0 spiro atoms. The highest BCUT2D eigenvalue weighted by atomic mass is 19.1. The molecule has 0 unspecified atom stereocenters. The lowest BCUT2D eigenvalue weighted by Crippen LogP contribution is -2.49. The Morgan fingerprint density at radius 2 is 2.17 bits per heavy atom. The largest absolute Gasteiger partial charge is 0.479 e. The SMILES string of the molecule is COc1nc(N[C@H]2CCN(C(C)=O)C[C@H]2F)nn2cc(F)c(-c3ccc4ncn(CCF)c4c3)c12. The monoisotopic (exact) mass is 487 g/mol. The Morgan fingerprint density at radius 1 is 1.34 bits per heavy atom. The van der Waals surface area contributed by atoms with Crippen molar-refractivity contribution < 1.29 is 22.7 Å². The molecule has 12 heteroatoms. The zero-order valence-electron chi connectivity index (χ0n) is 19.2. The third-order valence-electron chi connectivity index (χ3n) is 6.28. The summed E-state index contributed by atoms with van der Waals surface area (Å²) in [6.45, 7) is 1.39. The number of amides is 1. The number of imidazole rings is 1. The summed E-state index contributed by atoms with van der Waals surface area (Å²) in [6, 6.07) is 4.58. The summed E-state index contributed by atoms with van der Waals surface area (Å²) < 4.78 is 51.2. The van der Waals surface area contributed by atoms with Crippen LogP contribution >= 0.6 is 0 Å². The van der Waals surface area contributed by atoms with E-state index < -0.39 is 24.7 Å². The molecule has 35 heavy (non-hydrogen) atoms. The van der Waals surface area contributed by atoms with Crippen molar-refractivity contribution in [3.8, 4) is 17.0 Å². The number of hydrogen-bond donors (Lipinski definition) is 1. The molecule has 0 radical (unpaired) electrons. The number of aromatic nitrogens is 5. The molecule has 0 saturated carbocycles. The summed E-state index contributed by atoms with van der Waals surface area (Å²) >= 11 is 0. The Balaban J connectivity index is 1.51. The van der Waals surface area contributed by atoms with Gasteiger partial charge in [0.15, 0.2) is 5.82 Å². The Labute approximate surface area is 198 Å². The van der Waals surface area contributed by atoms with Gasteiger partial charge in [-0.3, -0.25) is 4.79 Å². The third-order valence-corrected chi connectivity index (χ3v) is 6.28. The lowest BCUT2D eigenvalue weighted by Gasteiger charge is -2.34. The van der Waals surface area contributed by atoms with Gasteiger partial charge in [-0.15, -0.1) is 5.10 Å². The van der Waals surface area contributed by atoms with Crippen molar-refractivity contribution in [2.24, 2.45) is 0 Å². The molecule has 3 aromatic heterocycles. The molecule has 184 valence electrons. The standard InChI is InChI=1S/C23H24F3N7O2/c1-13(34)31-7-5-17(15(25)10-31)28-23-29-22(35-2)21-20(16(26)11-33(21)30-23)14-3-4-18-19(9-14)32(8-6-24)12-27-18/h3-4,9,11-12,15,17H,5-8,10H2,1-2H3,(H,28,30)/t15-,17+/m1/s1. The predicted octanol–water partition coefficient (Wildman–Crippen LogP) is 3.23. The summed E-state index contributed by atoms with van der Waals surface area (Å²) in [7, 11) is 1.41. The minimum absolute atomic E-state index is 0.0177. The third kappa shape index (κ3) is 4.13. The number of piperidine rings is 1. The topological polar surface area (TPSA) is 89.6 Å². The summed E-state index contributed by atoms with van der Waals surface area (Å²) in [4.78, 5) is 21.6. The van der Waals surface area contributed by atoms with Gasteiger partial charge in [0.05, 0.1) is 55.4 Å². The average molecular weight is 487 g/mol. The number of fused-ring (bicyclic) bond motifs is 2. The summed E-state index contributed by atoms with van der Waals surface area (Å²) in [5, 5.41) is 7.30. The van der Waals surface area contributed by atoms with Crippen LogP contribution < -0.4 is 10.1 Å². The molecule has 5 rings (SSSR count). The highest BCUT2D eigenvalue weighted by molar-refractivity contribution is 5.90. The molecular weight excluding hydrogens is 463 g/mol. The highest BCUT2D eigenvalue weighted by Crippen LogP contribution is 2.35. The molecule has 1 N–H and O–H groups in total. The predicted molar refractivity (Wildman–Crippen MR) is 123 cm³/mol. The fourth-order valence-electron chi connectivity index (χ4n) is 4.50. The zero-order valence-corrected chi connectivity index (χ0v) is 19.2. The molecule has 1 aromatic carbocycles. The van der Waals surface area contributed by atoms with Crippen LogP contribution in [0.1, 0.15) is 13.3 Å². The summed E-state index contributed by atoms with van der Waals surface area (Å²) in [5.41, 5.74) is 2.39. The van der Waals surface area contributed by atoms with E-state index in [9.17, 15) is 13.6 Å². The van der Waals surface area contributed by atoms with Crippen molar-refractivity contribution >= 4 is 28.4 Å². The van der Waals surface area contributed by atoms with Gasteiger partial charge in [-0.1, -0.05) is 6.07 Å². The molecule has 2 atom stereocenters. The van der Waals surface area contributed by atoms with Crippen LogP contribution in [0.5, 0.6) is 5.88 Å². The minimum Gasteiger partial charge on any atom is -0.479 e. The second-order valence-electron chi connectivity index (χ2n) is 8.44. The molecule has 1 fully saturated rings. The maximum absolute atomic E-state index is 15.2. The molecule has 4 heterocycles. The molecule has 1 saturated heterocycles. The Morgan fingerprint density at radius 3 is 2.89 bits per heavy atom. The zero-order chi connectivity index (χ0) is 24.7. The van der Waals surface area contributed by atoms with Gasteiger partial charge >= 0.3 is 0 Å². The number of ether oxygens (including phenoxy) is 1. The second-order valence-corrected chi connectivity index (χ2v) is 8.44. The van der Waals surface area contributed by atoms with E-state index in [1.54, 1.807) is 29.1 Å². The minimum atomic E-state index is -1.31. The number of nitrogens with zero attached hydrogens (tertiary/aromatic N) is 6. The van der Waals surface area contributed by atoms with Gasteiger partial charge in [0, 0.05) is 13.5 Å². The fourth-order valence-corrected chi connectivity index (χ4v) is 4.50. The van der Waals surface area contributed by atoms with Gasteiger partial charge in [-0.2, -0.15) is 4.98 Å². The maximum atomic E-state index is 15.2. The number of alkyl halides is 2. The van der Waals surface area contributed by atoms with E-state index >= 15 is 4.39 Å². The highest BCUT2D eigenvalue weighted by Gasteiger charge is 2.31. The Hall–Kier alpha value is -3.83. The lowest BCUT2D eigenvalue weighted by molar-refractivity contribution is -0.131.